The Labute approximate surface area is 80.2 Å². The fourth-order valence-corrected chi connectivity index (χ4v) is 3.26. The van der Waals surface area contributed by atoms with Crippen molar-refractivity contribution in [1.82, 2.24) is 0 Å². The van der Waals surface area contributed by atoms with Gasteiger partial charge in [-0.05, 0) is 43.9 Å². The predicted octanol–water partition coefficient (Wildman–Crippen LogP) is 2.96. The molecule has 0 aromatic carbocycles. The summed E-state index contributed by atoms with van der Waals surface area (Å²) in [5.41, 5.74) is 0.198. The van der Waals surface area contributed by atoms with Crippen LogP contribution in [0.5, 0.6) is 0 Å². The number of ketones is 1. The van der Waals surface area contributed by atoms with E-state index in [1.165, 1.54) is 19.3 Å². The van der Waals surface area contributed by atoms with Crippen molar-refractivity contribution < 1.29 is 4.79 Å². The lowest BCUT2D eigenvalue weighted by atomic mass is 9.68. The zero-order valence-corrected chi connectivity index (χ0v) is 8.55. The van der Waals surface area contributed by atoms with Crippen molar-refractivity contribution in [3.8, 4) is 0 Å². The van der Waals surface area contributed by atoms with Crippen LogP contribution in [-0.2, 0) is 4.79 Å². The minimum absolute atomic E-state index is 0.198. The summed E-state index contributed by atoms with van der Waals surface area (Å²) in [5.74, 6) is 1.46. The highest BCUT2D eigenvalue weighted by molar-refractivity contribution is 5.80. The molecule has 0 spiro atoms. The van der Waals surface area contributed by atoms with Crippen molar-refractivity contribution in [2.75, 3.05) is 0 Å². The third-order valence-electron chi connectivity index (χ3n) is 4.08. The minimum atomic E-state index is 0.198. The smallest absolute Gasteiger partial charge is 0.133 e. The second kappa shape index (κ2) is 2.97. The maximum Gasteiger partial charge on any atom is 0.133 e. The summed E-state index contributed by atoms with van der Waals surface area (Å²) in [6.45, 7) is 4.02. The first-order valence-corrected chi connectivity index (χ1v) is 5.33. The van der Waals surface area contributed by atoms with Gasteiger partial charge in [-0.1, -0.05) is 19.1 Å². The molecule has 72 valence electrons. The Morgan fingerprint density at radius 3 is 2.85 bits per heavy atom. The summed E-state index contributed by atoms with van der Waals surface area (Å²) in [5, 5.41) is 0. The van der Waals surface area contributed by atoms with E-state index in [4.69, 9.17) is 0 Å². The fraction of sp³-hybridized carbons (Fsp3) is 0.750. The Hall–Kier alpha value is -0.590. The van der Waals surface area contributed by atoms with Gasteiger partial charge in [-0.25, -0.2) is 0 Å². The summed E-state index contributed by atoms with van der Waals surface area (Å²) in [6.07, 6.45) is 9.44. The first kappa shape index (κ1) is 8.98. The first-order chi connectivity index (χ1) is 6.14. The van der Waals surface area contributed by atoms with E-state index in [0.717, 1.165) is 12.3 Å². The molecule has 2 rings (SSSR count). The Bertz CT molecular complexity index is 254. The molecule has 0 amide bonds. The minimum Gasteiger partial charge on any atom is -0.300 e. The summed E-state index contributed by atoms with van der Waals surface area (Å²) in [6, 6.07) is 0. The molecular formula is C12H18O. The van der Waals surface area contributed by atoms with Crippen molar-refractivity contribution in [1.29, 1.82) is 0 Å². The Morgan fingerprint density at radius 2 is 2.15 bits per heavy atom. The molecule has 2 aliphatic rings. The van der Waals surface area contributed by atoms with E-state index in [9.17, 15) is 4.79 Å². The lowest BCUT2D eigenvalue weighted by molar-refractivity contribution is -0.123. The van der Waals surface area contributed by atoms with Gasteiger partial charge in [0.1, 0.15) is 5.78 Å². The molecule has 0 aromatic rings. The molecule has 0 aromatic heterocycles. The van der Waals surface area contributed by atoms with Crippen molar-refractivity contribution in [3.63, 3.8) is 0 Å². The normalized spacial score (nSPS) is 43.2. The number of carbonyl (C=O) groups is 1. The molecule has 2 aliphatic carbocycles. The van der Waals surface area contributed by atoms with Crippen molar-refractivity contribution in [3.05, 3.63) is 12.2 Å². The highest BCUT2D eigenvalue weighted by atomic mass is 16.1. The zero-order chi connectivity index (χ0) is 9.47. The third-order valence-corrected chi connectivity index (χ3v) is 4.08. The van der Waals surface area contributed by atoms with Crippen LogP contribution in [0.3, 0.4) is 0 Å². The summed E-state index contributed by atoms with van der Waals surface area (Å²) < 4.78 is 0. The molecule has 3 atom stereocenters. The average molecular weight is 178 g/mol. The van der Waals surface area contributed by atoms with Gasteiger partial charge in [-0.15, -0.1) is 0 Å². The molecule has 0 bridgehead atoms. The van der Waals surface area contributed by atoms with Crippen LogP contribution in [0.2, 0.25) is 0 Å². The van der Waals surface area contributed by atoms with Crippen molar-refractivity contribution >= 4 is 5.78 Å². The lowest BCUT2D eigenvalue weighted by Crippen LogP contribution is -2.32. The Kier molecular flexibility index (Phi) is 2.05. The van der Waals surface area contributed by atoms with E-state index in [0.29, 0.717) is 11.7 Å². The van der Waals surface area contributed by atoms with E-state index in [1.807, 2.05) is 0 Å². The maximum absolute atomic E-state index is 11.5. The zero-order valence-electron chi connectivity index (χ0n) is 8.55. The number of rotatable bonds is 1. The molecule has 0 saturated heterocycles. The second-order valence-corrected chi connectivity index (χ2v) is 4.78. The maximum atomic E-state index is 11.5. The van der Waals surface area contributed by atoms with Crippen LogP contribution in [0.15, 0.2) is 12.2 Å². The van der Waals surface area contributed by atoms with Crippen LogP contribution in [0.4, 0.5) is 0 Å². The number of hydrogen-bond donors (Lipinski definition) is 0. The van der Waals surface area contributed by atoms with E-state index in [1.54, 1.807) is 6.92 Å². The fourth-order valence-electron chi connectivity index (χ4n) is 3.26. The monoisotopic (exact) mass is 178 g/mol. The molecule has 1 nitrogen and oxygen atoms in total. The topological polar surface area (TPSA) is 17.1 Å². The van der Waals surface area contributed by atoms with Gasteiger partial charge in [0.2, 0.25) is 0 Å². The second-order valence-electron chi connectivity index (χ2n) is 4.78. The largest absolute Gasteiger partial charge is 0.300 e. The van der Waals surface area contributed by atoms with E-state index in [2.05, 4.69) is 19.1 Å². The van der Waals surface area contributed by atoms with E-state index in [-0.39, 0.29) is 5.41 Å². The van der Waals surface area contributed by atoms with Gasteiger partial charge in [0, 0.05) is 5.92 Å². The Balaban J connectivity index is 2.30. The summed E-state index contributed by atoms with van der Waals surface area (Å²) in [7, 11) is 0. The van der Waals surface area contributed by atoms with Gasteiger partial charge >= 0.3 is 0 Å². The average Bonchev–Trinajstić information content (AvgIpc) is 2.41. The van der Waals surface area contributed by atoms with Crippen molar-refractivity contribution in [2.24, 2.45) is 17.3 Å². The molecular weight excluding hydrogens is 160 g/mol. The molecule has 0 radical (unpaired) electrons. The van der Waals surface area contributed by atoms with Crippen LogP contribution in [-0.4, -0.2) is 5.78 Å². The molecule has 0 N–H and O–H groups in total. The van der Waals surface area contributed by atoms with Gasteiger partial charge in [-0.2, -0.15) is 0 Å². The lowest BCUT2D eigenvalue weighted by Gasteiger charge is -2.35. The molecule has 1 fully saturated rings. The van der Waals surface area contributed by atoms with E-state index < -0.39 is 0 Å². The van der Waals surface area contributed by atoms with Gasteiger partial charge < -0.3 is 0 Å². The van der Waals surface area contributed by atoms with Crippen LogP contribution in [0.1, 0.15) is 39.5 Å². The standard InChI is InChI=1S/C12H18O/c1-9(13)11-7-6-10-5-3-4-8-12(10,11)2/h4,8,10-11H,3,5-7H2,1-2H3/t10-,11+,12+/m0/s1. The molecule has 1 saturated carbocycles. The molecule has 0 unspecified atom stereocenters. The van der Waals surface area contributed by atoms with Crippen LogP contribution < -0.4 is 0 Å². The number of Topliss-reactive ketones (excluding diaryl/α,β-unsaturated/α-hetero) is 1. The van der Waals surface area contributed by atoms with Crippen LogP contribution in [0.25, 0.3) is 0 Å². The number of allylic oxidation sites excluding steroid dienone is 2. The molecule has 13 heavy (non-hydrogen) atoms. The predicted molar refractivity (Wildman–Crippen MR) is 53.4 cm³/mol. The number of hydrogen-bond acceptors (Lipinski definition) is 1. The van der Waals surface area contributed by atoms with Gasteiger partial charge in [0.05, 0.1) is 0 Å². The molecule has 1 heteroatoms. The summed E-state index contributed by atoms with van der Waals surface area (Å²) >= 11 is 0. The highest BCUT2D eigenvalue weighted by Gasteiger charge is 2.47. The van der Waals surface area contributed by atoms with Crippen LogP contribution in [0, 0.1) is 17.3 Å². The number of carbonyl (C=O) groups excluding carboxylic acids is 1. The van der Waals surface area contributed by atoms with Gasteiger partial charge in [-0.3, -0.25) is 4.79 Å². The van der Waals surface area contributed by atoms with Gasteiger partial charge in [0.25, 0.3) is 0 Å². The summed E-state index contributed by atoms with van der Waals surface area (Å²) in [4.78, 5) is 11.5. The van der Waals surface area contributed by atoms with E-state index >= 15 is 0 Å². The first-order valence-electron chi connectivity index (χ1n) is 5.33. The molecule has 0 aliphatic heterocycles. The Morgan fingerprint density at radius 1 is 1.38 bits per heavy atom. The van der Waals surface area contributed by atoms with Crippen LogP contribution >= 0.6 is 0 Å². The highest BCUT2D eigenvalue weighted by Crippen LogP contribution is 2.52. The van der Waals surface area contributed by atoms with Crippen molar-refractivity contribution in [2.45, 2.75) is 39.5 Å². The number of fused-ring (bicyclic) bond motifs is 1. The van der Waals surface area contributed by atoms with Gasteiger partial charge in [0.15, 0.2) is 0 Å². The molecule has 0 heterocycles. The third kappa shape index (κ3) is 1.25. The quantitative estimate of drug-likeness (QED) is 0.564. The SMILES string of the molecule is CC(=O)[C@H]1CC[C@@H]2CCC=C[C@]21C.